The van der Waals surface area contributed by atoms with Crippen LogP contribution in [0, 0.1) is 0 Å². The molecule has 8 heteroatoms. The molecule has 4 rings (SSSR count). The van der Waals surface area contributed by atoms with Crippen LogP contribution in [-0.4, -0.2) is 69.1 Å². The van der Waals surface area contributed by atoms with Crippen molar-refractivity contribution in [2.24, 2.45) is 0 Å². The molecule has 1 fully saturated rings. The average Bonchev–Trinajstić information content (AvgIpc) is 3.37. The predicted octanol–water partition coefficient (Wildman–Crippen LogP) is 3.26. The first kappa shape index (κ1) is 21.8. The molecule has 1 N–H and O–H groups in total. The summed E-state index contributed by atoms with van der Waals surface area (Å²) in [7, 11) is 1.74. The lowest BCUT2D eigenvalue weighted by Crippen LogP contribution is -2.29. The second-order valence-corrected chi connectivity index (χ2v) is 9.48. The monoisotopic (exact) mass is 439 g/mol. The first-order valence-corrected chi connectivity index (χ1v) is 11.6. The van der Waals surface area contributed by atoms with E-state index >= 15 is 0 Å². The van der Waals surface area contributed by atoms with Crippen LogP contribution in [0.4, 0.5) is 0 Å². The minimum Gasteiger partial charge on any atom is -0.395 e. The molecule has 0 aliphatic carbocycles. The summed E-state index contributed by atoms with van der Waals surface area (Å²) in [5, 5.41) is 10.3. The Morgan fingerprint density at radius 1 is 1.32 bits per heavy atom. The number of nitrogens with zero attached hydrogens (tertiary/aromatic N) is 5. The summed E-state index contributed by atoms with van der Waals surface area (Å²) in [6.45, 7) is 7.13. The SMILES string of the molecule is CC(C)c1ncc(CN2CCC(c3c(C(=O)N(C)CCO)sc4ncccc34)C2)cn1. The summed E-state index contributed by atoms with van der Waals surface area (Å²) < 4.78 is 0. The number of aromatic nitrogens is 3. The first-order chi connectivity index (χ1) is 15.0. The highest BCUT2D eigenvalue weighted by Gasteiger charge is 2.31. The summed E-state index contributed by atoms with van der Waals surface area (Å²) in [5.74, 6) is 1.43. The number of fused-ring (bicyclic) bond motifs is 1. The Balaban J connectivity index is 1.56. The molecule has 0 spiro atoms. The van der Waals surface area contributed by atoms with Gasteiger partial charge in [-0.05, 0) is 24.6 Å². The number of aliphatic hydroxyl groups is 1. The lowest BCUT2D eigenvalue weighted by molar-refractivity contribution is 0.0770. The Kier molecular flexibility index (Phi) is 6.60. The number of hydrogen-bond acceptors (Lipinski definition) is 7. The third-order valence-electron chi connectivity index (χ3n) is 5.81. The van der Waals surface area contributed by atoms with Gasteiger partial charge in [-0.1, -0.05) is 19.9 Å². The second-order valence-electron chi connectivity index (χ2n) is 8.48. The van der Waals surface area contributed by atoms with Crippen molar-refractivity contribution < 1.29 is 9.90 Å². The molecule has 1 unspecified atom stereocenters. The first-order valence-electron chi connectivity index (χ1n) is 10.7. The van der Waals surface area contributed by atoms with Crippen LogP contribution >= 0.6 is 11.3 Å². The molecule has 1 atom stereocenters. The van der Waals surface area contributed by atoms with Crippen LogP contribution in [0.25, 0.3) is 10.2 Å². The standard InChI is InChI=1S/C23H29N5O2S/c1-15(2)21-25-11-16(12-26-21)13-28-8-6-17(14-28)19-18-5-4-7-24-22(18)31-20(19)23(30)27(3)9-10-29/h4-5,7,11-12,15,17,29H,6,8-10,13-14H2,1-3H3. The number of amides is 1. The van der Waals surface area contributed by atoms with Gasteiger partial charge in [0.15, 0.2) is 0 Å². The quantitative estimate of drug-likeness (QED) is 0.608. The number of aliphatic hydroxyl groups excluding tert-OH is 1. The third kappa shape index (κ3) is 4.61. The zero-order chi connectivity index (χ0) is 22.0. The zero-order valence-electron chi connectivity index (χ0n) is 18.3. The van der Waals surface area contributed by atoms with Crippen molar-refractivity contribution in [2.45, 2.75) is 38.6 Å². The number of pyridine rings is 1. The van der Waals surface area contributed by atoms with E-state index in [0.717, 1.165) is 58.1 Å². The lowest BCUT2D eigenvalue weighted by atomic mass is 9.95. The highest BCUT2D eigenvalue weighted by molar-refractivity contribution is 7.20. The van der Waals surface area contributed by atoms with Gasteiger partial charge >= 0.3 is 0 Å². The molecule has 1 saturated heterocycles. The maximum Gasteiger partial charge on any atom is 0.264 e. The second kappa shape index (κ2) is 9.38. The van der Waals surface area contributed by atoms with Gasteiger partial charge in [-0.3, -0.25) is 9.69 Å². The van der Waals surface area contributed by atoms with E-state index in [0.29, 0.717) is 12.5 Å². The molecule has 3 aromatic rings. The normalized spacial score (nSPS) is 17.0. The maximum atomic E-state index is 13.1. The number of carbonyl (C=O) groups excluding carboxylic acids is 1. The molecule has 0 saturated carbocycles. The maximum absolute atomic E-state index is 13.1. The Bertz CT molecular complexity index is 1050. The van der Waals surface area contributed by atoms with Crippen LogP contribution in [0.2, 0.25) is 0 Å². The number of likely N-dealkylation sites (tertiary alicyclic amines) is 1. The predicted molar refractivity (Wildman–Crippen MR) is 122 cm³/mol. The molecule has 4 heterocycles. The van der Waals surface area contributed by atoms with Crippen molar-refractivity contribution in [3.63, 3.8) is 0 Å². The molecule has 1 amide bonds. The topological polar surface area (TPSA) is 82.5 Å². The lowest BCUT2D eigenvalue weighted by Gasteiger charge is -2.19. The molecule has 7 nitrogen and oxygen atoms in total. The van der Waals surface area contributed by atoms with E-state index in [2.05, 4.69) is 39.8 Å². The minimum absolute atomic E-state index is 0.0387. The van der Waals surface area contributed by atoms with Crippen molar-refractivity contribution in [3.05, 3.63) is 52.6 Å². The van der Waals surface area contributed by atoms with Gasteiger partial charge in [0.05, 0.1) is 11.5 Å². The van der Waals surface area contributed by atoms with Gasteiger partial charge in [0.2, 0.25) is 0 Å². The van der Waals surface area contributed by atoms with Crippen molar-refractivity contribution in [1.82, 2.24) is 24.8 Å². The van der Waals surface area contributed by atoms with Gasteiger partial charge in [-0.2, -0.15) is 0 Å². The Morgan fingerprint density at radius 2 is 2.10 bits per heavy atom. The molecule has 0 radical (unpaired) electrons. The minimum atomic E-state index is -0.0460. The van der Waals surface area contributed by atoms with Gasteiger partial charge in [0.1, 0.15) is 10.7 Å². The molecule has 31 heavy (non-hydrogen) atoms. The van der Waals surface area contributed by atoms with E-state index in [1.165, 1.54) is 11.3 Å². The average molecular weight is 440 g/mol. The Morgan fingerprint density at radius 3 is 2.81 bits per heavy atom. The Labute approximate surface area is 186 Å². The summed E-state index contributed by atoms with van der Waals surface area (Å²) in [6.07, 6.45) is 6.63. The molecule has 164 valence electrons. The van der Waals surface area contributed by atoms with Crippen molar-refractivity contribution in [3.8, 4) is 0 Å². The van der Waals surface area contributed by atoms with Crippen LogP contribution < -0.4 is 0 Å². The van der Waals surface area contributed by atoms with E-state index in [1.54, 1.807) is 18.1 Å². The van der Waals surface area contributed by atoms with Gasteiger partial charge in [-0.15, -0.1) is 11.3 Å². The number of hydrogen-bond donors (Lipinski definition) is 1. The zero-order valence-corrected chi connectivity index (χ0v) is 19.1. The number of likely N-dealkylation sites (N-methyl/N-ethyl adjacent to an activating group) is 1. The molecular weight excluding hydrogens is 410 g/mol. The van der Waals surface area contributed by atoms with Crippen LogP contribution in [-0.2, 0) is 6.54 Å². The third-order valence-corrected chi connectivity index (χ3v) is 6.93. The van der Waals surface area contributed by atoms with Gasteiger partial charge < -0.3 is 10.0 Å². The fourth-order valence-corrected chi connectivity index (χ4v) is 5.38. The largest absolute Gasteiger partial charge is 0.395 e. The number of rotatable bonds is 7. The van der Waals surface area contributed by atoms with E-state index < -0.39 is 0 Å². The van der Waals surface area contributed by atoms with Gasteiger partial charge in [0.25, 0.3) is 5.91 Å². The van der Waals surface area contributed by atoms with Gasteiger partial charge in [-0.25, -0.2) is 15.0 Å². The summed E-state index contributed by atoms with van der Waals surface area (Å²) >= 11 is 1.46. The van der Waals surface area contributed by atoms with Crippen LogP contribution in [0.15, 0.2) is 30.7 Å². The Hall–Kier alpha value is -2.42. The smallest absolute Gasteiger partial charge is 0.264 e. The van der Waals surface area contributed by atoms with E-state index in [4.69, 9.17) is 0 Å². The summed E-state index contributed by atoms with van der Waals surface area (Å²) in [5.41, 5.74) is 2.22. The van der Waals surface area contributed by atoms with Crippen molar-refractivity contribution >= 4 is 27.5 Å². The van der Waals surface area contributed by atoms with E-state index in [9.17, 15) is 9.90 Å². The summed E-state index contributed by atoms with van der Waals surface area (Å²) in [6, 6.07) is 4.00. The van der Waals surface area contributed by atoms with Crippen molar-refractivity contribution in [2.75, 3.05) is 33.3 Å². The summed E-state index contributed by atoms with van der Waals surface area (Å²) in [4.78, 5) is 32.2. The van der Waals surface area contributed by atoms with Crippen LogP contribution in [0.1, 0.15) is 58.7 Å². The molecule has 1 aliphatic rings. The molecule has 0 aromatic carbocycles. The van der Waals surface area contributed by atoms with Gasteiger partial charge in [0, 0.05) is 68.1 Å². The molecular formula is C23H29N5O2S. The fourth-order valence-electron chi connectivity index (χ4n) is 4.15. The van der Waals surface area contributed by atoms with Crippen LogP contribution in [0.3, 0.4) is 0 Å². The molecule has 1 aliphatic heterocycles. The number of thiophene rings is 1. The fraction of sp³-hybridized carbons (Fsp3) is 0.478. The van der Waals surface area contributed by atoms with Crippen molar-refractivity contribution in [1.29, 1.82) is 0 Å². The van der Waals surface area contributed by atoms with Crippen LogP contribution in [0.5, 0.6) is 0 Å². The highest BCUT2D eigenvalue weighted by atomic mass is 32.1. The molecule has 0 bridgehead atoms. The van der Waals surface area contributed by atoms with E-state index in [1.807, 2.05) is 18.5 Å². The van der Waals surface area contributed by atoms with E-state index in [-0.39, 0.29) is 18.4 Å². The highest BCUT2D eigenvalue weighted by Crippen LogP contribution is 2.40. The number of carbonyl (C=O) groups is 1. The molecule has 3 aromatic heterocycles.